The van der Waals surface area contributed by atoms with Gasteiger partial charge in [-0.05, 0) is 61.4 Å². The minimum absolute atomic E-state index is 0.00987. The van der Waals surface area contributed by atoms with Gasteiger partial charge >= 0.3 is 0 Å². The molecular formula is C22H18ClN5O. The number of imidazole rings is 1. The van der Waals surface area contributed by atoms with Gasteiger partial charge in [-0.25, -0.2) is 15.0 Å². The Hall–Kier alpha value is -3.25. The van der Waals surface area contributed by atoms with Crippen molar-refractivity contribution in [2.24, 2.45) is 0 Å². The molecule has 5 rings (SSSR count). The van der Waals surface area contributed by atoms with E-state index in [9.17, 15) is 4.79 Å². The third-order valence-electron chi connectivity index (χ3n) is 5.30. The molecule has 7 heteroatoms. The van der Waals surface area contributed by atoms with Crippen LogP contribution in [0, 0.1) is 0 Å². The standard InChI is InChI=1S/C22H18ClN5O/c23-16-6-3-14(4-7-16)21-24-10-9-18(27-21)20-2-1-11-28(20)22(29)15-5-8-17-19(12-15)26-13-25-17/h3-10,12-13,20H,1-2,11H2,(H,25,26). The van der Waals surface area contributed by atoms with E-state index in [-0.39, 0.29) is 11.9 Å². The smallest absolute Gasteiger partial charge is 0.254 e. The van der Waals surface area contributed by atoms with Gasteiger partial charge in [-0.3, -0.25) is 4.79 Å². The summed E-state index contributed by atoms with van der Waals surface area (Å²) in [5.41, 5.74) is 4.12. The van der Waals surface area contributed by atoms with Crippen LogP contribution in [0.5, 0.6) is 0 Å². The molecule has 0 spiro atoms. The highest BCUT2D eigenvalue weighted by molar-refractivity contribution is 6.30. The Morgan fingerprint density at radius 3 is 2.83 bits per heavy atom. The molecule has 1 amide bonds. The second-order valence-electron chi connectivity index (χ2n) is 7.10. The van der Waals surface area contributed by atoms with Crippen molar-refractivity contribution >= 4 is 28.5 Å². The van der Waals surface area contributed by atoms with Crippen molar-refractivity contribution in [3.8, 4) is 11.4 Å². The van der Waals surface area contributed by atoms with Gasteiger partial charge in [0.25, 0.3) is 5.91 Å². The average Bonchev–Trinajstić information content (AvgIpc) is 3.43. The summed E-state index contributed by atoms with van der Waals surface area (Å²) in [6.45, 7) is 0.713. The summed E-state index contributed by atoms with van der Waals surface area (Å²) in [6, 6.07) is 14.8. The molecule has 1 aliphatic heterocycles. The van der Waals surface area contributed by atoms with Crippen LogP contribution in [0.15, 0.2) is 61.1 Å². The third-order valence-corrected chi connectivity index (χ3v) is 5.55. The van der Waals surface area contributed by atoms with Crippen LogP contribution < -0.4 is 0 Å². The molecule has 3 heterocycles. The number of amides is 1. The van der Waals surface area contributed by atoms with Gasteiger partial charge in [0, 0.05) is 28.9 Å². The number of rotatable bonds is 3. The van der Waals surface area contributed by atoms with Gasteiger partial charge in [0.05, 0.1) is 29.1 Å². The van der Waals surface area contributed by atoms with Crippen molar-refractivity contribution in [1.82, 2.24) is 24.8 Å². The Morgan fingerprint density at radius 2 is 1.97 bits per heavy atom. The fraction of sp³-hybridized carbons (Fsp3) is 0.182. The Morgan fingerprint density at radius 1 is 1.10 bits per heavy atom. The van der Waals surface area contributed by atoms with Gasteiger partial charge in [0.1, 0.15) is 0 Å². The molecule has 0 saturated carbocycles. The molecule has 1 N–H and O–H groups in total. The van der Waals surface area contributed by atoms with Gasteiger partial charge in [0.15, 0.2) is 5.82 Å². The van der Waals surface area contributed by atoms with Gasteiger partial charge in [0.2, 0.25) is 0 Å². The van der Waals surface area contributed by atoms with E-state index in [1.165, 1.54) is 0 Å². The van der Waals surface area contributed by atoms with Crippen LogP contribution >= 0.6 is 11.6 Å². The minimum atomic E-state index is -0.0611. The monoisotopic (exact) mass is 403 g/mol. The lowest BCUT2D eigenvalue weighted by Crippen LogP contribution is -2.31. The van der Waals surface area contributed by atoms with Crippen LogP contribution in [0.25, 0.3) is 22.4 Å². The predicted octanol–water partition coefficient (Wildman–Crippen LogP) is 4.65. The van der Waals surface area contributed by atoms with E-state index < -0.39 is 0 Å². The van der Waals surface area contributed by atoms with Crippen LogP contribution in [0.3, 0.4) is 0 Å². The Bertz CT molecular complexity index is 1190. The topological polar surface area (TPSA) is 74.8 Å². The van der Waals surface area contributed by atoms with Gasteiger partial charge in [-0.15, -0.1) is 0 Å². The predicted molar refractivity (Wildman–Crippen MR) is 112 cm³/mol. The second kappa shape index (κ2) is 7.29. The lowest BCUT2D eigenvalue weighted by atomic mass is 10.1. The maximum Gasteiger partial charge on any atom is 0.254 e. The number of carbonyl (C=O) groups is 1. The fourth-order valence-corrected chi connectivity index (χ4v) is 3.97. The lowest BCUT2D eigenvalue weighted by Gasteiger charge is -2.24. The Kier molecular flexibility index (Phi) is 4.48. The first-order chi connectivity index (χ1) is 14.2. The zero-order valence-corrected chi connectivity index (χ0v) is 16.3. The molecule has 1 unspecified atom stereocenters. The first-order valence-corrected chi connectivity index (χ1v) is 9.90. The fourth-order valence-electron chi connectivity index (χ4n) is 3.85. The minimum Gasteiger partial charge on any atom is -0.345 e. The summed E-state index contributed by atoms with van der Waals surface area (Å²) in [6.07, 6.45) is 5.22. The van der Waals surface area contributed by atoms with Gasteiger partial charge in [-0.1, -0.05) is 11.6 Å². The van der Waals surface area contributed by atoms with E-state index in [1.54, 1.807) is 12.5 Å². The maximum atomic E-state index is 13.2. The SMILES string of the molecule is O=C(c1ccc2nc[nH]c2c1)N1CCCC1c1ccnc(-c2ccc(Cl)cc2)n1. The number of aromatic nitrogens is 4. The number of hydrogen-bond acceptors (Lipinski definition) is 4. The Labute approximate surface area is 172 Å². The maximum absolute atomic E-state index is 13.2. The molecule has 144 valence electrons. The van der Waals surface area contributed by atoms with Crippen LogP contribution in [-0.2, 0) is 0 Å². The van der Waals surface area contributed by atoms with Gasteiger partial charge < -0.3 is 9.88 Å². The van der Waals surface area contributed by atoms with Crippen LogP contribution in [-0.4, -0.2) is 37.3 Å². The molecule has 0 radical (unpaired) electrons. The summed E-state index contributed by atoms with van der Waals surface area (Å²) in [5.74, 6) is 0.646. The van der Waals surface area contributed by atoms with Crippen molar-refractivity contribution in [2.75, 3.05) is 6.54 Å². The Balaban J connectivity index is 1.45. The van der Waals surface area contributed by atoms with Crippen molar-refractivity contribution in [3.63, 3.8) is 0 Å². The molecule has 1 fully saturated rings. The summed E-state index contributed by atoms with van der Waals surface area (Å²) in [5, 5.41) is 0.673. The number of benzene rings is 2. The summed E-state index contributed by atoms with van der Waals surface area (Å²) in [4.78, 5) is 31.6. The molecule has 2 aromatic heterocycles. The summed E-state index contributed by atoms with van der Waals surface area (Å²) in [7, 11) is 0. The van der Waals surface area contributed by atoms with E-state index in [1.807, 2.05) is 53.4 Å². The van der Waals surface area contributed by atoms with Gasteiger partial charge in [-0.2, -0.15) is 0 Å². The molecule has 1 aliphatic rings. The molecular weight excluding hydrogens is 386 g/mol. The first-order valence-electron chi connectivity index (χ1n) is 9.52. The van der Waals surface area contributed by atoms with E-state index >= 15 is 0 Å². The number of likely N-dealkylation sites (tertiary alicyclic amines) is 1. The molecule has 4 aromatic rings. The normalized spacial score (nSPS) is 16.4. The first kappa shape index (κ1) is 17.8. The summed E-state index contributed by atoms with van der Waals surface area (Å²) < 4.78 is 0. The number of carbonyl (C=O) groups excluding carboxylic acids is 1. The van der Waals surface area contributed by atoms with Crippen molar-refractivity contribution in [3.05, 3.63) is 77.3 Å². The number of hydrogen-bond donors (Lipinski definition) is 1. The zero-order valence-electron chi connectivity index (χ0n) is 15.5. The molecule has 1 atom stereocenters. The van der Waals surface area contributed by atoms with Crippen LogP contribution in [0.1, 0.15) is 34.9 Å². The molecule has 29 heavy (non-hydrogen) atoms. The number of aromatic amines is 1. The zero-order chi connectivity index (χ0) is 19.8. The molecule has 0 bridgehead atoms. The second-order valence-corrected chi connectivity index (χ2v) is 7.54. The number of H-pyrrole nitrogens is 1. The highest BCUT2D eigenvalue weighted by Gasteiger charge is 2.32. The average molecular weight is 404 g/mol. The van der Waals surface area contributed by atoms with E-state index in [0.29, 0.717) is 23.0 Å². The highest BCUT2D eigenvalue weighted by Crippen LogP contribution is 2.33. The number of nitrogens with one attached hydrogen (secondary N) is 1. The van der Waals surface area contributed by atoms with Crippen molar-refractivity contribution in [1.29, 1.82) is 0 Å². The molecule has 2 aromatic carbocycles. The van der Waals surface area contributed by atoms with E-state index in [2.05, 4.69) is 15.0 Å². The van der Waals surface area contributed by atoms with Crippen molar-refractivity contribution < 1.29 is 4.79 Å². The summed E-state index contributed by atoms with van der Waals surface area (Å²) >= 11 is 5.98. The number of halogens is 1. The van der Waals surface area contributed by atoms with E-state index in [0.717, 1.165) is 35.1 Å². The third kappa shape index (κ3) is 3.36. The van der Waals surface area contributed by atoms with E-state index in [4.69, 9.17) is 16.6 Å². The lowest BCUT2D eigenvalue weighted by molar-refractivity contribution is 0.0733. The molecule has 1 saturated heterocycles. The number of nitrogens with zero attached hydrogens (tertiary/aromatic N) is 4. The van der Waals surface area contributed by atoms with Crippen molar-refractivity contribution in [2.45, 2.75) is 18.9 Å². The highest BCUT2D eigenvalue weighted by atomic mass is 35.5. The largest absolute Gasteiger partial charge is 0.345 e. The van der Waals surface area contributed by atoms with Crippen LogP contribution in [0.4, 0.5) is 0 Å². The molecule has 0 aliphatic carbocycles. The van der Waals surface area contributed by atoms with Crippen LogP contribution in [0.2, 0.25) is 5.02 Å². The molecule has 6 nitrogen and oxygen atoms in total. The number of fused-ring (bicyclic) bond motifs is 1. The quantitative estimate of drug-likeness (QED) is 0.540.